The number of nitrogens with two attached hydrogens (primary N) is 1. The Kier molecular flexibility index (Phi) is 6.86. The topological polar surface area (TPSA) is 114 Å². The van der Waals surface area contributed by atoms with E-state index in [1.54, 1.807) is 0 Å². The van der Waals surface area contributed by atoms with Gasteiger partial charge >= 0.3 is 12.5 Å². The van der Waals surface area contributed by atoms with Gasteiger partial charge in [-0.3, -0.25) is 0 Å². The van der Waals surface area contributed by atoms with Crippen molar-refractivity contribution in [2.75, 3.05) is 18.9 Å². The fraction of sp³-hybridized carbons (Fsp3) is 0.240. The molecule has 0 saturated carbocycles. The van der Waals surface area contributed by atoms with Gasteiger partial charge in [0.2, 0.25) is 0 Å². The van der Waals surface area contributed by atoms with Crippen molar-refractivity contribution in [1.29, 1.82) is 0 Å². The molecule has 10 heteroatoms. The van der Waals surface area contributed by atoms with Crippen molar-refractivity contribution >= 4 is 11.8 Å². The van der Waals surface area contributed by atoms with Crippen LogP contribution in [0.2, 0.25) is 0 Å². The third-order valence-electron chi connectivity index (χ3n) is 5.76. The van der Waals surface area contributed by atoms with E-state index >= 15 is 0 Å². The van der Waals surface area contributed by atoms with Crippen LogP contribution in [0.4, 0.5) is 23.7 Å². The molecule has 0 fully saturated rings. The highest BCUT2D eigenvalue weighted by Gasteiger charge is 2.32. The number of rotatable bonds is 7. The Labute approximate surface area is 198 Å². The van der Waals surface area contributed by atoms with Crippen LogP contribution < -0.4 is 15.8 Å². The number of aliphatic hydroxyl groups is 2. The Bertz CT molecular complexity index is 1170. The lowest BCUT2D eigenvalue weighted by molar-refractivity contribution is -0.274. The summed E-state index contributed by atoms with van der Waals surface area (Å²) < 4.78 is 46.3. The number of benzene rings is 3. The van der Waals surface area contributed by atoms with Gasteiger partial charge in [0, 0.05) is 12.5 Å². The monoisotopic (exact) mass is 488 g/mol. The van der Waals surface area contributed by atoms with E-state index in [1.807, 2.05) is 48.5 Å². The summed E-state index contributed by atoms with van der Waals surface area (Å²) in [6, 6.07) is 18.9. The van der Waals surface area contributed by atoms with Crippen LogP contribution in [-0.2, 0) is 4.74 Å². The minimum Gasteiger partial charge on any atom is -0.449 e. The molecule has 0 radical (unpaired) electrons. The maximum Gasteiger partial charge on any atom is 0.573 e. The molecule has 4 rings (SSSR count). The van der Waals surface area contributed by atoms with E-state index in [0.29, 0.717) is 0 Å². The van der Waals surface area contributed by atoms with E-state index in [2.05, 4.69) is 10.1 Å². The number of ether oxygens (including phenoxy) is 2. The average molecular weight is 488 g/mol. The second-order valence-electron chi connectivity index (χ2n) is 8.06. The number of carbonyl (C=O) groups is 1. The van der Waals surface area contributed by atoms with Crippen LogP contribution in [0, 0.1) is 0 Å². The van der Waals surface area contributed by atoms with Crippen LogP contribution in [0.1, 0.15) is 28.7 Å². The summed E-state index contributed by atoms with van der Waals surface area (Å²) in [6.45, 7) is -0.283. The van der Waals surface area contributed by atoms with Crippen molar-refractivity contribution in [3.63, 3.8) is 0 Å². The highest BCUT2D eigenvalue weighted by molar-refractivity contribution is 5.79. The highest BCUT2D eigenvalue weighted by Crippen LogP contribution is 2.44. The van der Waals surface area contributed by atoms with Crippen molar-refractivity contribution in [3.05, 3.63) is 83.4 Å². The number of hydrogen-bond donors (Lipinski definition) is 4. The van der Waals surface area contributed by atoms with E-state index in [1.165, 1.54) is 0 Å². The van der Waals surface area contributed by atoms with Crippen LogP contribution in [0.25, 0.3) is 11.1 Å². The number of carbonyl (C=O) groups excluding carboxylic acids is 1. The molecular weight excluding hydrogens is 465 g/mol. The smallest absolute Gasteiger partial charge is 0.449 e. The number of alkyl halides is 3. The molecule has 0 spiro atoms. The standard InChI is InChI=1S/C25H23F3N2O5/c26-25(27,28)35-22-10-9-14(11-20(22)29)23(32)21(31)12-30-24(33)34-13-19-17-7-3-1-5-15(17)16-6-2-4-8-18(16)19/h1-11,19,21,23,31-32H,12-13,29H2,(H,30,33). The number of nitrogens with one attached hydrogen (secondary N) is 1. The van der Waals surface area contributed by atoms with Crippen molar-refractivity contribution in [2.45, 2.75) is 24.5 Å². The zero-order valence-electron chi connectivity index (χ0n) is 18.3. The number of anilines is 1. The maximum atomic E-state index is 12.4. The fourth-order valence-corrected chi connectivity index (χ4v) is 4.14. The first-order chi connectivity index (χ1) is 16.6. The van der Waals surface area contributed by atoms with E-state index in [4.69, 9.17) is 10.5 Å². The van der Waals surface area contributed by atoms with Crippen molar-refractivity contribution in [1.82, 2.24) is 5.32 Å². The third-order valence-corrected chi connectivity index (χ3v) is 5.76. The number of nitrogen functional groups attached to an aromatic ring is 1. The molecule has 2 unspecified atom stereocenters. The van der Waals surface area contributed by atoms with Crippen LogP contribution in [0.5, 0.6) is 5.75 Å². The molecule has 184 valence electrons. The lowest BCUT2D eigenvalue weighted by Crippen LogP contribution is -2.36. The van der Waals surface area contributed by atoms with Crippen molar-refractivity contribution in [2.24, 2.45) is 0 Å². The van der Waals surface area contributed by atoms with Gasteiger partial charge in [0.15, 0.2) is 5.75 Å². The molecule has 1 amide bonds. The fourth-order valence-electron chi connectivity index (χ4n) is 4.14. The third kappa shape index (κ3) is 5.50. The van der Waals surface area contributed by atoms with Crippen molar-refractivity contribution in [3.8, 4) is 16.9 Å². The molecule has 1 aliphatic carbocycles. The molecule has 0 bridgehead atoms. The largest absolute Gasteiger partial charge is 0.573 e. The summed E-state index contributed by atoms with van der Waals surface area (Å²) in [4.78, 5) is 12.2. The zero-order chi connectivity index (χ0) is 25.2. The normalized spacial score (nSPS) is 14.5. The first-order valence-electron chi connectivity index (χ1n) is 10.7. The van der Waals surface area contributed by atoms with Crippen LogP contribution in [0.3, 0.4) is 0 Å². The Hall–Kier alpha value is -3.76. The van der Waals surface area contributed by atoms with E-state index in [9.17, 15) is 28.2 Å². The van der Waals surface area contributed by atoms with Gasteiger partial charge in [-0.1, -0.05) is 54.6 Å². The molecule has 1 aliphatic rings. The second-order valence-corrected chi connectivity index (χ2v) is 8.06. The Balaban J connectivity index is 1.32. The minimum atomic E-state index is -4.92. The predicted molar refractivity (Wildman–Crippen MR) is 122 cm³/mol. The molecule has 0 heterocycles. The maximum absolute atomic E-state index is 12.4. The van der Waals surface area contributed by atoms with Gasteiger partial charge in [-0.15, -0.1) is 13.2 Å². The average Bonchev–Trinajstić information content (AvgIpc) is 3.15. The van der Waals surface area contributed by atoms with Crippen molar-refractivity contribution < 1.29 is 37.7 Å². The number of amides is 1. The number of alkyl carbamates (subject to hydrolysis) is 1. The van der Waals surface area contributed by atoms with E-state index in [0.717, 1.165) is 40.5 Å². The molecule has 0 saturated heterocycles. The van der Waals surface area contributed by atoms with E-state index in [-0.39, 0.29) is 30.3 Å². The minimum absolute atomic E-state index is 0.0545. The number of halogens is 3. The summed E-state index contributed by atoms with van der Waals surface area (Å²) in [6.07, 6.45) is -8.69. The lowest BCUT2D eigenvalue weighted by atomic mass is 9.98. The van der Waals surface area contributed by atoms with Gasteiger partial charge in [0.1, 0.15) is 18.8 Å². The second kappa shape index (κ2) is 9.85. The Morgan fingerprint density at radius 1 is 1.00 bits per heavy atom. The molecule has 3 aromatic carbocycles. The molecule has 3 aromatic rings. The van der Waals surface area contributed by atoms with Gasteiger partial charge in [-0.05, 0) is 39.9 Å². The number of aliphatic hydroxyl groups excluding tert-OH is 2. The molecule has 0 aliphatic heterocycles. The molecule has 2 atom stereocenters. The van der Waals surface area contributed by atoms with Gasteiger partial charge in [0.25, 0.3) is 0 Å². The predicted octanol–water partition coefficient (Wildman–Crippen LogP) is 4.10. The zero-order valence-corrected chi connectivity index (χ0v) is 18.3. The quantitative estimate of drug-likeness (QED) is 0.373. The molecular formula is C25H23F3N2O5. The first-order valence-corrected chi connectivity index (χ1v) is 10.7. The number of hydrogen-bond acceptors (Lipinski definition) is 6. The van der Waals surface area contributed by atoms with Gasteiger partial charge in [-0.2, -0.15) is 0 Å². The van der Waals surface area contributed by atoms with Gasteiger partial charge in [-0.25, -0.2) is 4.79 Å². The summed E-state index contributed by atoms with van der Waals surface area (Å²) in [5.74, 6) is -0.760. The Morgan fingerprint density at radius 3 is 2.17 bits per heavy atom. The summed E-state index contributed by atoms with van der Waals surface area (Å²) in [5, 5.41) is 22.9. The first kappa shape index (κ1) is 24.4. The molecule has 0 aromatic heterocycles. The number of fused-ring (bicyclic) bond motifs is 3. The van der Waals surface area contributed by atoms with Gasteiger partial charge in [0.05, 0.1) is 5.69 Å². The highest BCUT2D eigenvalue weighted by atomic mass is 19.4. The van der Waals surface area contributed by atoms with Crippen LogP contribution >= 0.6 is 0 Å². The molecule has 35 heavy (non-hydrogen) atoms. The summed E-state index contributed by atoms with van der Waals surface area (Å²) in [5.41, 5.74) is 9.50. The van der Waals surface area contributed by atoms with Gasteiger partial charge < -0.3 is 30.7 Å². The van der Waals surface area contributed by atoms with Crippen LogP contribution in [0.15, 0.2) is 66.7 Å². The molecule has 5 N–H and O–H groups in total. The van der Waals surface area contributed by atoms with Crippen LogP contribution in [-0.4, -0.2) is 41.9 Å². The lowest BCUT2D eigenvalue weighted by Gasteiger charge is -2.20. The SMILES string of the molecule is Nc1cc(C(O)C(O)CNC(=O)OCC2c3ccccc3-c3ccccc32)ccc1OC(F)(F)F. The Morgan fingerprint density at radius 2 is 1.60 bits per heavy atom. The molecule has 7 nitrogen and oxygen atoms in total. The van der Waals surface area contributed by atoms with E-state index < -0.39 is 30.4 Å². The summed E-state index contributed by atoms with van der Waals surface area (Å²) >= 11 is 0. The summed E-state index contributed by atoms with van der Waals surface area (Å²) in [7, 11) is 0.